The standard InChI is InChI=1S/C18H18F3N5O3/c19-18(20,21)12-7-3-1-2-5-11-6-4-10-25(11)14-9-8-13(26(27)28)15(22-14)17-24-23-16(12)29-17/h1-2,8-9,11-12H,3-7,10H2/b2-1-. The van der Waals surface area contributed by atoms with E-state index < -0.39 is 28.6 Å². The van der Waals surface area contributed by atoms with Crippen LogP contribution in [0.5, 0.6) is 0 Å². The summed E-state index contributed by atoms with van der Waals surface area (Å²) in [6, 6.07) is 2.96. The minimum Gasteiger partial charge on any atom is -0.418 e. The molecule has 4 rings (SSSR count). The molecule has 0 aliphatic carbocycles. The van der Waals surface area contributed by atoms with Crippen LogP contribution >= 0.6 is 0 Å². The van der Waals surface area contributed by atoms with Crippen molar-refractivity contribution in [3.05, 3.63) is 40.3 Å². The highest BCUT2D eigenvalue weighted by Crippen LogP contribution is 2.40. The summed E-state index contributed by atoms with van der Waals surface area (Å²) in [5.74, 6) is -2.43. The van der Waals surface area contributed by atoms with E-state index in [1.54, 1.807) is 12.1 Å². The van der Waals surface area contributed by atoms with Crippen LogP contribution in [-0.2, 0) is 0 Å². The van der Waals surface area contributed by atoms with Gasteiger partial charge in [-0.05, 0) is 38.2 Å². The predicted octanol–water partition coefficient (Wildman–Crippen LogP) is 4.39. The van der Waals surface area contributed by atoms with Gasteiger partial charge in [-0.15, -0.1) is 10.2 Å². The average molecular weight is 409 g/mol. The summed E-state index contributed by atoms with van der Waals surface area (Å²) in [5.41, 5.74) is -0.610. The van der Waals surface area contributed by atoms with Crippen LogP contribution in [0.4, 0.5) is 24.7 Å². The van der Waals surface area contributed by atoms with Gasteiger partial charge in [0.1, 0.15) is 11.7 Å². The van der Waals surface area contributed by atoms with Crippen molar-refractivity contribution in [2.75, 3.05) is 11.4 Å². The van der Waals surface area contributed by atoms with Gasteiger partial charge in [0.2, 0.25) is 11.6 Å². The molecule has 1 fully saturated rings. The summed E-state index contributed by atoms with van der Waals surface area (Å²) in [6.07, 6.45) is 1.54. The summed E-state index contributed by atoms with van der Waals surface area (Å²) < 4.78 is 45.8. The molecule has 8 nitrogen and oxygen atoms in total. The third-order valence-corrected chi connectivity index (χ3v) is 5.26. The van der Waals surface area contributed by atoms with Gasteiger partial charge in [-0.25, -0.2) is 4.98 Å². The van der Waals surface area contributed by atoms with Gasteiger partial charge in [0.15, 0.2) is 0 Å². The second-order valence-electron chi connectivity index (χ2n) is 7.11. The van der Waals surface area contributed by atoms with Crippen LogP contribution in [0.15, 0.2) is 28.7 Å². The number of aromatic nitrogens is 3. The summed E-state index contributed by atoms with van der Waals surface area (Å²) in [5, 5.41) is 18.6. The van der Waals surface area contributed by atoms with Crippen molar-refractivity contribution < 1.29 is 22.5 Å². The van der Waals surface area contributed by atoms with Gasteiger partial charge in [0, 0.05) is 18.7 Å². The van der Waals surface area contributed by atoms with Crippen LogP contribution in [0.2, 0.25) is 0 Å². The van der Waals surface area contributed by atoms with E-state index in [9.17, 15) is 23.3 Å². The number of anilines is 1. The van der Waals surface area contributed by atoms with Crippen molar-refractivity contribution in [1.82, 2.24) is 15.2 Å². The maximum Gasteiger partial charge on any atom is 0.400 e. The van der Waals surface area contributed by atoms with E-state index in [4.69, 9.17) is 4.42 Å². The SMILES string of the molecule is O=[N+]([O-])c1ccc2nc1-c1nnc(o1)C(C(F)(F)F)CC/C=C\CC1CCCN21. The monoisotopic (exact) mass is 409 g/mol. The summed E-state index contributed by atoms with van der Waals surface area (Å²) in [7, 11) is 0. The van der Waals surface area contributed by atoms with Gasteiger partial charge < -0.3 is 9.32 Å². The number of rotatable bonds is 1. The molecule has 2 aliphatic heterocycles. The first-order valence-electron chi connectivity index (χ1n) is 9.32. The van der Waals surface area contributed by atoms with Crippen LogP contribution in [0.1, 0.15) is 43.9 Å². The van der Waals surface area contributed by atoms with Crippen LogP contribution in [0.3, 0.4) is 0 Å². The second-order valence-corrected chi connectivity index (χ2v) is 7.11. The van der Waals surface area contributed by atoms with Crippen molar-refractivity contribution >= 4 is 11.5 Å². The van der Waals surface area contributed by atoms with Crippen LogP contribution in [0, 0.1) is 10.1 Å². The molecule has 2 aromatic heterocycles. The van der Waals surface area contributed by atoms with Crippen LogP contribution in [0.25, 0.3) is 11.6 Å². The zero-order valence-electron chi connectivity index (χ0n) is 15.3. The van der Waals surface area contributed by atoms with Gasteiger partial charge in [-0.2, -0.15) is 13.2 Å². The van der Waals surface area contributed by atoms with E-state index in [2.05, 4.69) is 20.1 Å². The van der Waals surface area contributed by atoms with Crippen LogP contribution < -0.4 is 4.90 Å². The van der Waals surface area contributed by atoms with Gasteiger partial charge >= 0.3 is 11.9 Å². The molecule has 0 spiro atoms. The van der Waals surface area contributed by atoms with E-state index in [-0.39, 0.29) is 30.5 Å². The summed E-state index contributed by atoms with van der Waals surface area (Å²) >= 11 is 0. The van der Waals surface area contributed by atoms with Gasteiger partial charge in [0.25, 0.3) is 5.89 Å². The van der Waals surface area contributed by atoms with E-state index >= 15 is 0 Å². The predicted molar refractivity (Wildman–Crippen MR) is 96.3 cm³/mol. The number of fused-ring (bicyclic) bond motifs is 7. The molecule has 1 saturated heterocycles. The Hall–Kier alpha value is -2.98. The molecule has 0 radical (unpaired) electrons. The Morgan fingerprint density at radius 2 is 2.03 bits per heavy atom. The highest BCUT2D eigenvalue weighted by atomic mass is 19.4. The third kappa shape index (κ3) is 3.81. The largest absolute Gasteiger partial charge is 0.418 e. The fourth-order valence-corrected chi connectivity index (χ4v) is 3.82. The molecule has 0 aromatic carbocycles. The fraction of sp³-hybridized carbons (Fsp3) is 0.500. The third-order valence-electron chi connectivity index (χ3n) is 5.26. The minimum atomic E-state index is -4.57. The van der Waals surface area contributed by atoms with Crippen LogP contribution in [-0.4, -0.2) is 38.9 Å². The highest BCUT2D eigenvalue weighted by molar-refractivity contribution is 5.65. The first-order chi connectivity index (χ1) is 13.8. The Bertz CT molecular complexity index is 943. The molecule has 0 saturated carbocycles. The molecular weight excluding hydrogens is 391 g/mol. The number of pyridine rings is 1. The molecule has 2 unspecified atom stereocenters. The molecule has 29 heavy (non-hydrogen) atoms. The van der Waals surface area contributed by atoms with E-state index in [1.165, 1.54) is 6.07 Å². The zero-order valence-corrected chi connectivity index (χ0v) is 15.3. The second kappa shape index (κ2) is 7.45. The fourth-order valence-electron chi connectivity index (χ4n) is 3.82. The van der Waals surface area contributed by atoms with Gasteiger partial charge in [-0.3, -0.25) is 10.1 Å². The number of hydrogen-bond acceptors (Lipinski definition) is 7. The smallest absolute Gasteiger partial charge is 0.400 e. The number of halogens is 3. The number of nitro groups is 1. The van der Waals surface area contributed by atoms with Crippen molar-refractivity contribution in [3.63, 3.8) is 0 Å². The lowest BCUT2D eigenvalue weighted by molar-refractivity contribution is -0.384. The number of nitrogens with zero attached hydrogens (tertiary/aromatic N) is 5. The Morgan fingerprint density at radius 3 is 2.79 bits per heavy atom. The summed E-state index contributed by atoms with van der Waals surface area (Å²) in [4.78, 5) is 17.2. The topological polar surface area (TPSA) is 98.2 Å². The average Bonchev–Trinajstić information content (AvgIpc) is 3.32. The normalized spacial score (nSPS) is 23.3. The molecule has 2 aromatic rings. The molecule has 4 heterocycles. The van der Waals surface area contributed by atoms with Gasteiger partial charge in [-0.1, -0.05) is 12.2 Å². The lowest BCUT2D eigenvalue weighted by Crippen LogP contribution is -2.29. The van der Waals surface area contributed by atoms with Crippen molar-refractivity contribution in [1.29, 1.82) is 0 Å². The van der Waals surface area contributed by atoms with Crippen molar-refractivity contribution in [3.8, 4) is 11.6 Å². The number of allylic oxidation sites excluding steroid dienone is 1. The minimum absolute atomic E-state index is 0.132. The molecular formula is C18H18F3N5O3. The lowest BCUT2D eigenvalue weighted by Gasteiger charge is -2.25. The number of alkyl halides is 3. The highest BCUT2D eigenvalue weighted by Gasteiger charge is 2.44. The zero-order chi connectivity index (χ0) is 20.6. The van der Waals surface area contributed by atoms with Crippen molar-refractivity contribution in [2.24, 2.45) is 0 Å². The summed E-state index contributed by atoms with van der Waals surface area (Å²) in [6.45, 7) is 0.744. The van der Waals surface area contributed by atoms with E-state index in [1.807, 2.05) is 6.08 Å². The van der Waals surface area contributed by atoms with Gasteiger partial charge in [0.05, 0.1) is 4.92 Å². The first kappa shape index (κ1) is 19.3. The molecule has 0 amide bonds. The lowest BCUT2D eigenvalue weighted by atomic mass is 10.0. The molecule has 4 bridgehead atoms. The molecule has 154 valence electrons. The Morgan fingerprint density at radius 1 is 1.21 bits per heavy atom. The maximum absolute atomic E-state index is 13.5. The molecule has 11 heteroatoms. The van der Waals surface area contributed by atoms with E-state index in [0.29, 0.717) is 12.2 Å². The molecule has 2 aliphatic rings. The Labute approximate surface area is 163 Å². The number of hydrogen-bond donors (Lipinski definition) is 0. The Balaban J connectivity index is 1.84. The first-order valence-corrected chi connectivity index (χ1v) is 9.32. The van der Waals surface area contributed by atoms with Crippen molar-refractivity contribution in [2.45, 2.75) is 50.2 Å². The molecule has 0 N–H and O–H groups in total. The maximum atomic E-state index is 13.5. The van der Waals surface area contributed by atoms with E-state index in [0.717, 1.165) is 19.4 Å². The molecule has 2 atom stereocenters. The quantitative estimate of drug-likeness (QED) is 0.391. The Kier molecular flexibility index (Phi) is 4.97.